The van der Waals surface area contributed by atoms with E-state index in [0.29, 0.717) is 12.0 Å². The van der Waals surface area contributed by atoms with Gasteiger partial charge in [-0.2, -0.15) is 5.10 Å². The molecule has 3 heteroatoms. The summed E-state index contributed by atoms with van der Waals surface area (Å²) in [5.74, 6) is 0.474. The SMILES string of the molecule is CC1=CC(C)C=NN1C1COC1. The number of nitrogens with zero attached hydrogens (tertiary/aromatic N) is 2. The Balaban J connectivity index is 2.06. The standard InChI is InChI=1S/C9H14N2O/c1-7-3-8(2)11(10-4-7)9-5-12-6-9/h3-4,7,9H,5-6H2,1-2H3. The lowest BCUT2D eigenvalue weighted by molar-refractivity contribution is -0.0529. The van der Waals surface area contributed by atoms with E-state index in [2.05, 4.69) is 30.0 Å². The van der Waals surface area contributed by atoms with E-state index in [4.69, 9.17) is 4.74 Å². The van der Waals surface area contributed by atoms with Crippen molar-refractivity contribution in [2.24, 2.45) is 11.0 Å². The predicted molar refractivity (Wildman–Crippen MR) is 47.9 cm³/mol. The number of hydrogen-bond donors (Lipinski definition) is 0. The summed E-state index contributed by atoms with van der Waals surface area (Å²) in [7, 11) is 0. The van der Waals surface area contributed by atoms with Crippen molar-refractivity contribution in [2.75, 3.05) is 13.2 Å². The second-order valence-electron chi connectivity index (χ2n) is 3.47. The van der Waals surface area contributed by atoms with Crippen LogP contribution in [0.3, 0.4) is 0 Å². The summed E-state index contributed by atoms with van der Waals surface area (Å²) in [5.41, 5.74) is 1.25. The highest BCUT2D eigenvalue weighted by atomic mass is 16.5. The maximum Gasteiger partial charge on any atom is 0.0988 e. The first-order valence-electron chi connectivity index (χ1n) is 4.37. The number of allylic oxidation sites excluding steroid dienone is 2. The first kappa shape index (κ1) is 7.80. The topological polar surface area (TPSA) is 24.8 Å². The van der Waals surface area contributed by atoms with E-state index in [0.717, 1.165) is 13.2 Å². The van der Waals surface area contributed by atoms with Gasteiger partial charge in [0.05, 0.1) is 19.3 Å². The first-order chi connectivity index (χ1) is 5.77. The van der Waals surface area contributed by atoms with E-state index in [1.165, 1.54) is 5.70 Å². The molecule has 12 heavy (non-hydrogen) atoms. The normalized spacial score (nSPS) is 30.0. The van der Waals surface area contributed by atoms with Crippen molar-refractivity contribution in [3.63, 3.8) is 0 Å². The highest BCUT2D eigenvalue weighted by Crippen LogP contribution is 2.20. The Hall–Kier alpha value is -0.830. The zero-order chi connectivity index (χ0) is 8.55. The second kappa shape index (κ2) is 2.90. The largest absolute Gasteiger partial charge is 0.377 e. The van der Waals surface area contributed by atoms with E-state index < -0.39 is 0 Å². The fourth-order valence-corrected chi connectivity index (χ4v) is 1.51. The van der Waals surface area contributed by atoms with Gasteiger partial charge in [0.2, 0.25) is 0 Å². The van der Waals surface area contributed by atoms with Crippen molar-refractivity contribution < 1.29 is 4.74 Å². The lowest BCUT2D eigenvalue weighted by Gasteiger charge is -2.37. The van der Waals surface area contributed by atoms with Gasteiger partial charge in [0.1, 0.15) is 0 Å². The van der Waals surface area contributed by atoms with Gasteiger partial charge >= 0.3 is 0 Å². The lowest BCUT2D eigenvalue weighted by Crippen LogP contribution is -2.46. The Morgan fingerprint density at radius 2 is 2.33 bits per heavy atom. The van der Waals surface area contributed by atoms with Crippen molar-refractivity contribution in [1.29, 1.82) is 0 Å². The van der Waals surface area contributed by atoms with Crippen LogP contribution in [0.1, 0.15) is 13.8 Å². The Morgan fingerprint density at radius 3 is 2.83 bits per heavy atom. The molecule has 1 saturated heterocycles. The summed E-state index contributed by atoms with van der Waals surface area (Å²) in [5, 5.41) is 6.43. The molecule has 0 N–H and O–H groups in total. The Morgan fingerprint density at radius 1 is 1.58 bits per heavy atom. The molecule has 0 radical (unpaired) electrons. The molecule has 2 aliphatic heterocycles. The van der Waals surface area contributed by atoms with E-state index >= 15 is 0 Å². The Labute approximate surface area is 72.7 Å². The number of ether oxygens (including phenoxy) is 1. The van der Waals surface area contributed by atoms with Crippen LogP contribution in [0.4, 0.5) is 0 Å². The van der Waals surface area contributed by atoms with Crippen LogP contribution in [0.25, 0.3) is 0 Å². The van der Waals surface area contributed by atoms with Gasteiger partial charge in [0.15, 0.2) is 0 Å². The Bertz CT molecular complexity index is 231. The van der Waals surface area contributed by atoms with Crippen LogP contribution in [0.5, 0.6) is 0 Å². The van der Waals surface area contributed by atoms with Crippen LogP contribution < -0.4 is 0 Å². The monoisotopic (exact) mass is 166 g/mol. The van der Waals surface area contributed by atoms with Crippen molar-refractivity contribution >= 4 is 6.21 Å². The molecular formula is C9H14N2O. The quantitative estimate of drug-likeness (QED) is 0.585. The van der Waals surface area contributed by atoms with Gasteiger partial charge in [0.25, 0.3) is 0 Å². The first-order valence-corrected chi connectivity index (χ1v) is 4.37. The summed E-state index contributed by atoms with van der Waals surface area (Å²) < 4.78 is 5.12. The summed E-state index contributed by atoms with van der Waals surface area (Å²) in [4.78, 5) is 0. The third-order valence-electron chi connectivity index (χ3n) is 2.26. The molecule has 0 amide bonds. The van der Waals surface area contributed by atoms with Crippen molar-refractivity contribution in [1.82, 2.24) is 5.01 Å². The minimum absolute atomic E-state index is 0.474. The van der Waals surface area contributed by atoms with Crippen molar-refractivity contribution in [3.05, 3.63) is 11.8 Å². The maximum absolute atomic E-state index is 5.12. The van der Waals surface area contributed by atoms with Crippen molar-refractivity contribution in [3.8, 4) is 0 Å². The number of rotatable bonds is 1. The molecule has 1 fully saturated rings. The summed E-state index contributed by atoms with van der Waals surface area (Å²) in [6.45, 7) is 5.88. The van der Waals surface area contributed by atoms with Gasteiger partial charge in [-0.05, 0) is 6.92 Å². The molecule has 0 bridgehead atoms. The van der Waals surface area contributed by atoms with Crippen LogP contribution in [0.15, 0.2) is 16.9 Å². The summed E-state index contributed by atoms with van der Waals surface area (Å²) >= 11 is 0. The predicted octanol–water partition coefficient (Wildman–Crippen LogP) is 1.23. The molecule has 0 aromatic carbocycles. The van der Waals surface area contributed by atoms with Gasteiger partial charge in [-0.3, -0.25) is 5.01 Å². The highest BCUT2D eigenvalue weighted by molar-refractivity contribution is 5.63. The molecule has 2 rings (SSSR count). The molecular weight excluding hydrogens is 152 g/mol. The molecule has 2 aliphatic rings. The third kappa shape index (κ3) is 1.25. The van der Waals surface area contributed by atoms with Gasteiger partial charge < -0.3 is 4.74 Å². The molecule has 1 atom stereocenters. The second-order valence-corrected chi connectivity index (χ2v) is 3.47. The molecule has 66 valence electrons. The molecule has 0 aromatic rings. The van der Waals surface area contributed by atoms with E-state index in [-0.39, 0.29) is 0 Å². The molecule has 0 saturated carbocycles. The van der Waals surface area contributed by atoms with Gasteiger partial charge in [0, 0.05) is 17.8 Å². The summed E-state index contributed by atoms with van der Waals surface area (Å²) in [6, 6.07) is 0.477. The fourth-order valence-electron chi connectivity index (χ4n) is 1.51. The van der Waals surface area contributed by atoms with Crippen LogP contribution in [0, 0.1) is 5.92 Å². The minimum atomic E-state index is 0.474. The van der Waals surface area contributed by atoms with E-state index in [1.807, 2.05) is 6.21 Å². The van der Waals surface area contributed by atoms with Crippen molar-refractivity contribution in [2.45, 2.75) is 19.9 Å². The van der Waals surface area contributed by atoms with Gasteiger partial charge in [-0.25, -0.2) is 0 Å². The smallest absolute Gasteiger partial charge is 0.0988 e. The molecule has 2 heterocycles. The molecule has 3 nitrogen and oxygen atoms in total. The van der Waals surface area contributed by atoms with Crippen LogP contribution in [0.2, 0.25) is 0 Å². The van der Waals surface area contributed by atoms with Crippen LogP contribution in [-0.2, 0) is 4.74 Å². The zero-order valence-corrected chi connectivity index (χ0v) is 7.53. The Kier molecular flexibility index (Phi) is 1.89. The fraction of sp³-hybridized carbons (Fsp3) is 0.667. The molecule has 0 aromatic heterocycles. The number of hydrogen-bond acceptors (Lipinski definition) is 3. The third-order valence-corrected chi connectivity index (χ3v) is 2.26. The highest BCUT2D eigenvalue weighted by Gasteiger charge is 2.27. The zero-order valence-electron chi connectivity index (χ0n) is 7.53. The summed E-state index contributed by atoms with van der Waals surface area (Å²) in [6.07, 6.45) is 4.20. The lowest BCUT2D eigenvalue weighted by atomic mass is 10.1. The van der Waals surface area contributed by atoms with E-state index in [1.54, 1.807) is 0 Å². The molecule has 1 unspecified atom stereocenters. The average Bonchev–Trinajstić information content (AvgIpc) is 1.91. The molecule has 0 spiro atoms. The van der Waals surface area contributed by atoms with Crippen LogP contribution >= 0.6 is 0 Å². The molecule has 0 aliphatic carbocycles. The number of hydrazone groups is 1. The van der Waals surface area contributed by atoms with Crippen LogP contribution in [-0.4, -0.2) is 30.5 Å². The van der Waals surface area contributed by atoms with Gasteiger partial charge in [-0.15, -0.1) is 0 Å². The average molecular weight is 166 g/mol. The van der Waals surface area contributed by atoms with Gasteiger partial charge in [-0.1, -0.05) is 13.0 Å². The van der Waals surface area contributed by atoms with E-state index in [9.17, 15) is 0 Å². The maximum atomic E-state index is 5.12. The minimum Gasteiger partial charge on any atom is -0.377 e.